The number of rotatable bonds is 6. The van der Waals surface area contributed by atoms with Crippen LogP contribution < -0.4 is 20.9 Å². The largest absolute Gasteiger partial charge is 0.365 e. The molecular weight excluding hydrogens is 352 g/mol. The Morgan fingerprint density at radius 2 is 1.96 bits per heavy atom. The molecule has 0 bridgehead atoms. The van der Waals surface area contributed by atoms with Gasteiger partial charge in [-0.1, -0.05) is 6.07 Å². The Kier molecular flexibility index (Phi) is 6.98. The van der Waals surface area contributed by atoms with E-state index in [1.807, 2.05) is 20.8 Å². The van der Waals surface area contributed by atoms with Crippen LogP contribution in [0, 0.1) is 17.0 Å². The van der Waals surface area contributed by atoms with E-state index in [1.54, 1.807) is 11.9 Å². The molecule has 0 aromatic heterocycles. The van der Waals surface area contributed by atoms with Crippen molar-refractivity contribution in [3.05, 3.63) is 29.8 Å². The van der Waals surface area contributed by atoms with Crippen molar-refractivity contribution in [2.75, 3.05) is 38.1 Å². The minimum absolute atomic E-state index is 0.00258. The van der Waals surface area contributed by atoms with E-state index in [9.17, 15) is 13.6 Å². The number of nitrogens with zero attached hydrogens (tertiary/aromatic N) is 2. The molecule has 0 spiro atoms. The summed E-state index contributed by atoms with van der Waals surface area (Å²) in [5.41, 5.74) is -0.576. The van der Waals surface area contributed by atoms with E-state index in [1.165, 1.54) is 18.2 Å². The molecule has 1 aliphatic rings. The van der Waals surface area contributed by atoms with Gasteiger partial charge >= 0.3 is 0 Å². The Labute approximate surface area is 159 Å². The Bertz CT molecular complexity index is 672. The van der Waals surface area contributed by atoms with Gasteiger partial charge in [-0.15, -0.1) is 0 Å². The van der Waals surface area contributed by atoms with Gasteiger partial charge in [-0.3, -0.25) is 9.79 Å². The van der Waals surface area contributed by atoms with Gasteiger partial charge in [0.2, 0.25) is 5.91 Å². The highest BCUT2D eigenvalue weighted by Gasteiger charge is 2.29. The Balaban J connectivity index is 1.92. The number of nitrogens with one attached hydrogen (secondary N) is 3. The van der Waals surface area contributed by atoms with Crippen LogP contribution in [-0.2, 0) is 4.79 Å². The molecule has 1 aliphatic heterocycles. The zero-order chi connectivity index (χ0) is 20.0. The van der Waals surface area contributed by atoms with Crippen LogP contribution >= 0.6 is 0 Å². The smallest absolute Gasteiger partial charge is 0.227 e. The summed E-state index contributed by atoms with van der Waals surface area (Å²) >= 11 is 0. The Morgan fingerprint density at radius 3 is 2.56 bits per heavy atom. The molecule has 8 heteroatoms. The minimum Gasteiger partial charge on any atom is -0.365 e. The molecule has 2 rings (SSSR count). The number of para-hydroxylation sites is 1. The standard InChI is InChI=1S/C19H29F2N5O/c1-5-23-17(27)19(2,3)12-24-18(22-4)25-13-9-10-26(11-13)16-14(20)7-6-8-15(16)21/h6-8,13H,5,9-12H2,1-4H3,(H,23,27)(H2,22,24,25). The highest BCUT2D eigenvalue weighted by Crippen LogP contribution is 2.26. The van der Waals surface area contributed by atoms with E-state index in [4.69, 9.17) is 0 Å². The molecule has 1 fully saturated rings. The average molecular weight is 381 g/mol. The molecule has 150 valence electrons. The van der Waals surface area contributed by atoms with Gasteiger partial charge in [0.25, 0.3) is 0 Å². The second-order valence-electron chi connectivity index (χ2n) is 7.32. The van der Waals surface area contributed by atoms with Crippen molar-refractivity contribution in [3.8, 4) is 0 Å². The quantitative estimate of drug-likeness (QED) is 0.520. The molecule has 1 aromatic rings. The zero-order valence-electron chi connectivity index (χ0n) is 16.4. The van der Waals surface area contributed by atoms with Gasteiger partial charge in [0.1, 0.15) is 17.3 Å². The van der Waals surface area contributed by atoms with E-state index < -0.39 is 17.0 Å². The lowest BCUT2D eigenvalue weighted by Gasteiger charge is -2.26. The molecule has 6 nitrogen and oxygen atoms in total. The molecule has 1 heterocycles. The van der Waals surface area contributed by atoms with E-state index in [-0.39, 0.29) is 17.6 Å². The van der Waals surface area contributed by atoms with Crippen molar-refractivity contribution in [3.63, 3.8) is 0 Å². The molecule has 1 amide bonds. The summed E-state index contributed by atoms with van der Waals surface area (Å²) in [6.45, 7) is 7.62. The van der Waals surface area contributed by atoms with Crippen LogP contribution in [0.15, 0.2) is 23.2 Å². The van der Waals surface area contributed by atoms with Gasteiger partial charge in [0.15, 0.2) is 5.96 Å². The number of halogens is 2. The van der Waals surface area contributed by atoms with Crippen LogP contribution in [-0.4, -0.2) is 51.1 Å². The van der Waals surface area contributed by atoms with Gasteiger partial charge < -0.3 is 20.9 Å². The van der Waals surface area contributed by atoms with E-state index in [0.717, 1.165) is 6.42 Å². The van der Waals surface area contributed by atoms with Crippen LogP contribution in [0.25, 0.3) is 0 Å². The number of hydrogen-bond donors (Lipinski definition) is 3. The van der Waals surface area contributed by atoms with Gasteiger partial charge in [0.05, 0.1) is 5.41 Å². The lowest BCUT2D eigenvalue weighted by atomic mass is 9.92. The summed E-state index contributed by atoms with van der Waals surface area (Å²) < 4.78 is 27.9. The van der Waals surface area contributed by atoms with Gasteiger partial charge in [-0.2, -0.15) is 0 Å². The Morgan fingerprint density at radius 1 is 1.30 bits per heavy atom. The first-order valence-corrected chi connectivity index (χ1v) is 9.23. The molecule has 0 radical (unpaired) electrons. The predicted octanol–water partition coefficient (Wildman–Crippen LogP) is 1.87. The molecule has 1 unspecified atom stereocenters. The normalized spacial score (nSPS) is 17.8. The molecule has 1 aromatic carbocycles. The van der Waals surface area contributed by atoms with Crippen LogP contribution in [0.2, 0.25) is 0 Å². The summed E-state index contributed by atoms with van der Waals surface area (Å²) in [7, 11) is 1.65. The molecule has 27 heavy (non-hydrogen) atoms. The number of amides is 1. The summed E-state index contributed by atoms with van der Waals surface area (Å²) in [6.07, 6.45) is 0.730. The first kappa shape index (κ1) is 20.9. The molecular formula is C19H29F2N5O. The number of aliphatic imine (C=N–C) groups is 1. The van der Waals surface area contributed by atoms with Crippen LogP contribution in [0.4, 0.5) is 14.5 Å². The third-order valence-corrected chi connectivity index (χ3v) is 4.66. The third-order valence-electron chi connectivity index (χ3n) is 4.66. The topological polar surface area (TPSA) is 68.8 Å². The van der Waals surface area contributed by atoms with Crippen molar-refractivity contribution in [1.29, 1.82) is 0 Å². The summed E-state index contributed by atoms with van der Waals surface area (Å²) in [6, 6.07) is 3.90. The van der Waals surface area contributed by atoms with Crippen molar-refractivity contribution in [2.45, 2.75) is 33.2 Å². The fourth-order valence-corrected chi connectivity index (χ4v) is 3.05. The van der Waals surface area contributed by atoms with Gasteiger partial charge in [-0.25, -0.2) is 8.78 Å². The van der Waals surface area contributed by atoms with E-state index >= 15 is 0 Å². The number of guanidine groups is 1. The first-order chi connectivity index (χ1) is 12.8. The highest BCUT2D eigenvalue weighted by atomic mass is 19.1. The molecule has 0 aliphatic carbocycles. The number of anilines is 1. The summed E-state index contributed by atoms with van der Waals surface area (Å²) in [5, 5.41) is 9.25. The van der Waals surface area contributed by atoms with Crippen LogP contribution in [0.5, 0.6) is 0 Å². The fourth-order valence-electron chi connectivity index (χ4n) is 3.05. The van der Waals surface area contributed by atoms with Crippen LogP contribution in [0.1, 0.15) is 27.2 Å². The molecule has 1 saturated heterocycles. The van der Waals surface area contributed by atoms with Crippen molar-refractivity contribution in [1.82, 2.24) is 16.0 Å². The number of carbonyl (C=O) groups is 1. The molecule has 1 atom stereocenters. The lowest BCUT2D eigenvalue weighted by Crippen LogP contribution is -2.50. The monoisotopic (exact) mass is 381 g/mol. The number of hydrogen-bond acceptors (Lipinski definition) is 3. The Hall–Kier alpha value is -2.38. The van der Waals surface area contributed by atoms with Crippen LogP contribution in [0.3, 0.4) is 0 Å². The van der Waals surface area contributed by atoms with E-state index in [2.05, 4.69) is 20.9 Å². The highest BCUT2D eigenvalue weighted by molar-refractivity contribution is 5.84. The first-order valence-electron chi connectivity index (χ1n) is 9.23. The molecule has 0 saturated carbocycles. The third kappa shape index (κ3) is 5.30. The number of benzene rings is 1. The maximum Gasteiger partial charge on any atom is 0.227 e. The van der Waals surface area contributed by atoms with Crippen molar-refractivity contribution >= 4 is 17.6 Å². The number of carbonyl (C=O) groups excluding carboxylic acids is 1. The summed E-state index contributed by atoms with van der Waals surface area (Å²) in [4.78, 5) is 18.0. The van der Waals surface area contributed by atoms with Gasteiger partial charge in [0, 0.05) is 39.3 Å². The van der Waals surface area contributed by atoms with Crippen molar-refractivity contribution < 1.29 is 13.6 Å². The average Bonchev–Trinajstić information content (AvgIpc) is 3.06. The summed E-state index contributed by atoms with van der Waals surface area (Å²) in [5.74, 6) is -0.577. The van der Waals surface area contributed by atoms with Crippen molar-refractivity contribution in [2.24, 2.45) is 10.4 Å². The second kappa shape index (κ2) is 9.01. The predicted molar refractivity (Wildman–Crippen MR) is 104 cm³/mol. The SMILES string of the molecule is CCNC(=O)C(C)(C)CNC(=NC)NC1CCN(c2c(F)cccc2F)C1. The van der Waals surface area contributed by atoms with Gasteiger partial charge in [-0.05, 0) is 39.3 Å². The molecule has 3 N–H and O–H groups in total. The second-order valence-corrected chi connectivity index (χ2v) is 7.32. The van der Waals surface area contributed by atoms with E-state index in [0.29, 0.717) is 32.1 Å². The maximum absolute atomic E-state index is 14.0. The fraction of sp³-hybridized carbons (Fsp3) is 0.579. The minimum atomic E-state index is -0.592. The zero-order valence-corrected chi connectivity index (χ0v) is 16.4. The maximum atomic E-state index is 14.0. The lowest BCUT2D eigenvalue weighted by molar-refractivity contribution is -0.128.